The highest BCUT2D eigenvalue weighted by molar-refractivity contribution is 7.99. The van der Waals surface area contributed by atoms with Crippen LogP contribution in [0.4, 0.5) is 4.39 Å². The van der Waals surface area contributed by atoms with E-state index in [0.29, 0.717) is 17.1 Å². The second-order valence-corrected chi connectivity index (χ2v) is 7.08. The van der Waals surface area contributed by atoms with Gasteiger partial charge < -0.3 is 14.8 Å². The fourth-order valence-corrected chi connectivity index (χ4v) is 4.20. The average molecular weight is 382 g/mol. The van der Waals surface area contributed by atoms with Gasteiger partial charge in [-0.3, -0.25) is 4.79 Å². The van der Waals surface area contributed by atoms with E-state index in [2.05, 4.69) is 5.32 Å². The summed E-state index contributed by atoms with van der Waals surface area (Å²) in [6.45, 7) is 0. The molecule has 0 saturated heterocycles. The van der Waals surface area contributed by atoms with E-state index >= 15 is 0 Å². The first-order valence-corrected chi connectivity index (χ1v) is 9.04. The molecular weight excluding hydrogens is 365 g/mol. The molecule has 2 aromatic carbocycles. The molecule has 4 nitrogen and oxygen atoms in total. The summed E-state index contributed by atoms with van der Waals surface area (Å²) in [5.41, 5.74) is 1.16. The van der Waals surface area contributed by atoms with Crippen LogP contribution >= 0.6 is 23.4 Å². The highest BCUT2D eigenvalue weighted by Crippen LogP contribution is 2.38. The maximum atomic E-state index is 13.6. The predicted molar refractivity (Wildman–Crippen MR) is 96.5 cm³/mol. The zero-order chi connectivity index (χ0) is 18.0. The van der Waals surface area contributed by atoms with Gasteiger partial charge in [0.2, 0.25) is 0 Å². The van der Waals surface area contributed by atoms with Crippen molar-refractivity contribution in [2.45, 2.75) is 17.4 Å². The fraction of sp³-hybridized carbons (Fsp3) is 0.278. The Morgan fingerprint density at radius 2 is 2.08 bits per heavy atom. The molecular formula is C18H17ClFNO3S. The average Bonchev–Trinajstić information content (AvgIpc) is 2.61. The molecule has 1 unspecified atom stereocenters. The fourth-order valence-electron chi connectivity index (χ4n) is 2.81. The van der Waals surface area contributed by atoms with Gasteiger partial charge in [0.25, 0.3) is 5.91 Å². The van der Waals surface area contributed by atoms with Crippen molar-refractivity contribution in [3.63, 3.8) is 0 Å². The summed E-state index contributed by atoms with van der Waals surface area (Å²) in [6.07, 6.45) is 0.730. The number of carbonyl (C=O) groups excluding carboxylic acids is 1. The third kappa shape index (κ3) is 3.70. The smallest absolute Gasteiger partial charge is 0.251 e. The lowest BCUT2D eigenvalue weighted by Crippen LogP contribution is -2.30. The first kappa shape index (κ1) is 17.9. The summed E-state index contributed by atoms with van der Waals surface area (Å²) in [5, 5.41) is 3.25. The van der Waals surface area contributed by atoms with Crippen LogP contribution in [0.2, 0.25) is 5.02 Å². The van der Waals surface area contributed by atoms with E-state index in [1.54, 1.807) is 23.9 Å². The minimum absolute atomic E-state index is 0.244. The van der Waals surface area contributed by atoms with Crippen LogP contribution in [0.15, 0.2) is 35.2 Å². The SMILES string of the molecule is COc1cc(C(=O)NC2CCSc3ccc(F)cc32)cc(Cl)c1OC. The van der Waals surface area contributed by atoms with Gasteiger partial charge in [-0.05, 0) is 42.3 Å². The molecule has 1 aliphatic heterocycles. The number of methoxy groups -OCH3 is 2. The van der Waals surface area contributed by atoms with Crippen molar-refractivity contribution in [2.24, 2.45) is 0 Å². The molecule has 0 aromatic heterocycles. The maximum absolute atomic E-state index is 13.6. The van der Waals surface area contributed by atoms with Crippen LogP contribution in [0, 0.1) is 5.82 Å². The maximum Gasteiger partial charge on any atom is 0.251 e. The number of ether oxygens (including phenoxy) is 2. The lowest BCUT2D eigenvalue weighted by molar-refractivity contribution is 0.0934. The molecule has 0 bridgehead atoms. The van der Waals surface area contributed by atoms with Gasteiger partial charge in [-0.25, -0.2) is 4.39 Å². The molecule has 7 heteroatoms. The number of halogens is 2. The van der Waals surface area contributed by atoms with Crippen LogP contribution in [-0.2, 0) is 0 Å². The summed E-state index contributed by atoms with van der Waals surface area (Å²) in [6, 6.07) is 7.53. The molecule has 0 spiro atoms. The largest absolute Gasteiger partial charge is 0.493 e. The second kappa shape index (κ2) is 7.54. The Morgan fingerprint density at radius 1 is 1.28 bits per heavy atom. The minimum Gasteiger partial charge on any atom is -0.493 e. The lowest BCUT2D eigenvalue weighted by Gasteiger charge is -2.26. The first-order valence-electron chi connectivity index (χ1n) is 7.68. The number of thioether (sulfide) groups is 1. The Labute approximate surface area is 154 Å². The van der Waals surface area contributed by atoms with Crippen molar-refractivity contribution < 1.29 is 18.7 Å². The van der Waals surface area contributed by atoms with Crippen LogP contribution in [-0.4, -0.2) is 25.9 Å². The Morgan fingerprint density at radius 3 is 2.80 bits per heavy atom. The molecule has 1 atom stereocenters. The molecule has 1 amide bonds. The topological polar surface area (TPSA) is 47.6 Å². The highest BCUT2D eigenvalue weighted by Gasteiger charge is 2.24. The number of rotatable bonds is 4. The standard InChI is InChI=1S/C18H17ClFNO3S/c1-23-15-8-10(7-13(19)17(15)24-2)18(22)21-14-5-6-25-16-4-3-11(20)9-12(14)16/h3-4,7-9,14H,5-6H2,1-2H3,(H,21,22). The number of carbonyl (C=O) groups is 1. The molecule has 3 rings (SSSR count). The monoisotopic (exact) mass is 381 g/mol. The third-order valence-electron chi connectivity index (χ3n) is 4.01. The molecule has 0 aliphatic carbocycles. The van der Waals surface area contributed by atoms with Crippen LogP contribution < -0.4 is 14.8 Å². The molecule has 1 aliphatic rings. The zero-order valence-corrected chi connectivity index (χ0v) is 15.3. The molecule has 0 saturated carbocycles. The quantitative estimate of drug-likeness (QED) is 0.849. The van der Waals surface area contributed by atoms with Gasteiger partial charge in [0.15, 0.2) is 11.5 Å². The van der Waals surface area contributed by atoms with Crippen molar-refractivity contribution in [1.29, 1.82) is 0 Å². The Balaban J connectivity index is 1.87. The summed E-state index contributed by atoms with van der Waals surface area (Å²) in [5.74, 6) is 1.01. The van der Waals surface area contributed by atoms with E-state index in [1.807, 2.05) is 0 Å². The Kier molecular flexibility index (Phi) is 5.39. The second-order valence-electron chi connectivity index (χ2n) is 5.54. The van der Waals surface area contributed by atoms with Gasteiger partial charge in [0.1, 0.15) is 5.82 Å². The van der Waals surface area contributed by atoms with Crippen LogP contribution in [0.25, 0.3) is 0 Å². The van der Waals surface area contributed by atoms with Crippen LogP contribution in [0.1, 0.15) is 28.4 Å². The highest BCUT2D eigenvalue weighted by atomic mass is 35.5. The molecule has 1 heterocycles. The normalized spacial score (nSPS) is 16.1. The van der Waals surface area contributed by atoms with Crippen molar-refractivity contribution in [3.8, 4) is 11.5 Å². The van der Waals surface area contributed by atoms with E-state index in [1.165, 1.54) is 32.4 Å². The molecule has 0 radical (unpaired) electrons. The number of hydrogen-bond acceptors (Lipinski definition) is 4. The summed E-state index contributed by atoms with van der Waals surface area (Å²) in [4.78, 5) is 13.7. The molecule has 25 heavy (non-hydrogen) atoms. The van der Waals surface area contributed by atoms with E-state index in [-0.39, 0.29) is 22.8 Å². The summed E-state index contributed by atoms with van der Waals surface area (Å²) < 4.78 is 24.0. The summed E-state index contributed by atoms with van der Waals surface area (Å²) >= 11 is 7.83. The van der Waals surface area contributed by atoms with Gasteiger partial charge in [0.05, 0.1) is 25.3 Å². The third-order valence-corrected chi connectivity index (χ3v) is 5.42. The van der Waals surface area contributed by atoms with Gasteiger partial charge in [0, 0.05) is 16.2 Å². The van der Waals surface area contributed by atoms with E-state index in [0.717, 1.165) is 22.6 Å². The predicted octanol–water partition coefficient (Wildman–Crippen LogP) is 4.46. The summed E-state index contributed by atoms with van der Waals surface area (Å²) in [7, 11) is 2.96. The number of nitrogens with one attached hydrogen (secondary N) is 1. The van der Waals surface area contributed by atoms with E-state index in [4.69, 9.17) is 21.1 Å². The Bertz CT molecular complexity index is 815. The number of benzene rings is 2. The lowest BCUT2D eigenvalue weighted by atomic mass is 10.0. The first-order chi connectivity index (χ1) is 12.0. The van der Waals surface area contributed by atoms with Gasteiger partial charge in [-0.1, -0.05) is 11.6 Å². The van der Waals surface area contributed by atoms with E-state index < -0.39 is 0 Å². The van der Waals surface area contributed by atoms with Crippen molar-refractivity contribution in [2.75, 3.05) is 20.0 Å². The van der Waals surface area contributed by atoms with Crippen molar-refractivity contribution in [1.82, 2.24) is 5.32 Å². The van der Waals surface area contributed by atoms with E-state index in [9.17, 15) is 9.18 Å². The van der Waals surface area contributed by atoms with Gasteiger partial charge >= 0.3 is 0 Å². The van der Waals surface area contributed by atoms with Crippen LogP contribution in [0.5, 0.6) is 11.5 Å². The molecule has 2 aromatic rings. The molecule has 1 N–H and O–H groups in total. The number of amides is 1. The van der Waals surface area contributed by atoms with Gasteiger partial charge in [-0.2, -0.15) is 0 Å². The Hall–Kier alpha value is -1.92. The van der Waals surface area contributed by atoms with Crippen LogP contribution in [0.3, 0.4) is 0 Å². The van der Waals surface area contributed by atoms with Gasteiger partial charge in [-0.15, -0.1) is 11.8 Å². The zero-order valence-electron chi connectivity index (χ0n) is 13.8. The van der Waals surface area contributed by atoms with Crippen molar-refractivity contribution in [3.05, 3.63) is 52.3 Å². The number of fused-ring (bicyclic) bond motifs is 1. The van der Waals surface area contributed by atoms with Crippen molar-refractivity contribution >= 4 is 29.3 Å². The molecule has 132 valence electrons. The minimum atomic E-state index is -0.310. The molecule has 0 fully saturated rings. The number of hydrogen-bond donors (Lipinski definition) is 1.